The number of amides is 1. The molecule has 0 spiro atoms. The number of carbonyl (C=O) groups excluding carboxylic acids is 1. The maximum Gasteiger partial charge on any atom is 0.248 e. The van der Waals surface area contributed by atoms with Gasteiger partial charge in [0.25, 0.3) is 0 Å². The standard InChI is InChI=1S/C19H19NO4S/c1-19(2)20-16(12-24-19)14-10-6-7-11-15(14)17(18(20)21)25(22,23)13-8-4-3-5-9-13/h3-11,16-17H,12H2,1-2H3/i10D. The van der Waals surface area contributed by atoms with Crippen LogP contribution in [-0.2, 0) is 19.4 Å². The molecule has 0 radical (unpaired) electrons. The number of ether oxygens (including phenoxy) is 1. The first-order chi connectivity index (χ1) is 12.2. The van der Waals surface area contributed by atoms with E-state index in [2.05, 4.69) is 0 Å². The normalized spacial score (nSPS) is 25.3. The minimum Gasteiger partial charge on any atom is -0.354 e. The van der Waals surface area contributed by atoms with Gasteiger partial charge in [-0.3, -0.25) is 4.79 Å². The summed E-state index contributed by atoms with van der Waals surface area (Å²) >= 11 is 0. The Labute approximate surface area is 148 Å². The smallest absolute Gasteiger partial charge is 0.248 e. The minimum atomic E-state index is -3.96. The third-order valence-electron chi connectivity index (χ3n) is 4.87. The molecule has 0 N–H and O–H groups in total. The molecule has 2 aromatic carbocycles. The van der Waals surface area contributed by atoms with Gasteiger partial charge < -0.3 is 9.64 Å². The van der Waals surface area contributed by atoms with Crippen molar-refractivity contribution in [1.29, 1.82) is 0 Å². The van der Waals surface area contributed by atoms with Crippen LogP contribution in [0.2, 0.25) is 0 Å². The van der Waals surface area contributed by atoms with Gasteiger partial charge in [-0.1, -0.05) is 42.4 Å². The molecular formula is C19H19NO4S. The van der Waals surface area contributed by atoms with Gasteiger partial charge >= 0.3 is 0 Å². The van der Waals surface area contributed by atoms with E-state index in [9.17, 15) is 13.2 Å². The Hall–Kier alpha value is -2.18. The molecule has 2 unspecified atom stereocenters. The summed E-state index contributed by atoms with van der Waals surface area (Å²) in [7, 11) is -3.96. The second kappa shape index (κ2) is 5.41. The van der Waals surface area contributed by atoms with Gasteiger partial charge in [-0.15, -0.1) is 0 Å². The number of sulfone groups is 1. The molecule has 2 aliphatic rings. The first kappa shape index (κ1) is 15.1. The summed E-state index contributed by atoms with van der Waals surface area (Å²) in [5.74, 6) is -0.501. The zero-order valence-corrected chi connectivity index (χ0v) is 14.8. The van der Waals surface area contributed by atoms with Crippen molar-refractivity contribution in [1.82, 2.24) is 4.90 Å². The summed E-state index contributed by atoms with van der Waals surface area (Å²) in [6.07, 6.45) is 0. The summed E-state index contributed by atoms with van der Waals surface area (Å²) in [6, 6.07) is 12.6. The second-order valence-corrected chi connectivity index (χ2v) is 8.79. The van der Waals surface area contributed by atoms with Crippen LogP contribution in [-0.4, -0.2) is 31.6 Å². The summed E-state index contributed by atoms with van der Waals surface area (Å²) in [5, 5.41) is -1.37. The van der Waals surface area contributed by atoms with Gasteiger partial charge in [0, 0.05) is 0 Å². The third-order valence-corrected chi connectivity index (χ3v) is 6.87. The fourth-order valence-corrected chi connectivity index (χ4v) is 5.45. The summed E-state index contributed by atoms with van der Waals surface area (Å²) < 4.78 is 40.7. The molecule has 4 rings (SSSR count). The van der Waals surface area contributed by atoms with Gasteiger partial charge in [-0.05, 0) is 37.1 Å². The van der Waals surface area contributed by atoms with Crippen LogP contribution in [0.25, 0.3) is 0 Å². The van der Waals surface area contributed by atoms with E-state index in [1.807, 2.05) is 0 Å². The van der Waals surface area contributed by atoms with E-state index in [1.54, 1.807) is 50.2 Å². The molecule has 2 aliphatic heterocycles. The Bertz CT molecular complexity index is 988. The lowest BCUT2D eigenvalue weighted by atomic mass is 9.92. The second-order valence-electron chi connectivity index (χ2n) is 6.76. The van der Waals surface area contributed by atoms with Crippen LogP contribution in [0.4, 0.5) is 0 Å². The number of hydrogen-bond donors (Lipinski definition) is 0. The summed E-state index contributed by atoms with van der Waals surface area (Å²) in [6.45, 7) is 3.74. The quantitative estimate of drug-likeness (QED) is 0.828. The largest absolute Gasteiger partial charge is 0.354 e. The number of benzene rings is 2. The van der Waals surface area contributed by atoms with E-state index >= 15 is 0 Å². The fraction of sp³-hybridized carbons (Fsp3) is 0.316. The molecule has 1 fully saturated rings. The highest BCUT2D eigenvalue weighted by Crippen LogP contribution is 2.48. The van der Waals surface area contributed by atoms with Gasteiger partial charge in [-0.2, -0.15) is 0 Å². The maximum atomic E-state index is 13.3. The monoisotopic (exact) mass is 358 g/mol. The first-order valence-electron chi connectivity index (χ1n) is 8.60. The molecule has 0 saturated carbocycles. The average molecular weight is 358 g/mol. The topological polar surface area (TPSA) is 63.7 Å². The van der Waals surface area contributed by atoms with Crippen molar-refractivity contribution in [2.45, 2.75) is 35.8 Å². The zero-order valence-electron chi connectivity index (χ0n) is 15.0. The van der Waals surface area contributed by atoms with Gasteiger partial charge in [0.1, 0.15) is 5.72 Å². The molecule has 5 nitrogen and oxygen atoms in total. The molecule has 130 valence electrons. The van der Waals surface area contributed by atoms with Gasteiger partial charge in [0.15, 0.2) is 15.1 Å². The molecule has 25 heavy (non-hydrogen) atoms. The maximum absolute atomic E-state index is 13.3. The van der Waals surface area contributed by atoms with Crippen LogP contribution in [0.15, 0.2) is 59.5 Å². The van der Waals surface area contributed by atoms with E-state index in [1.165, 1.54) is 17.0 Å². The number of carbonyl (C=O) groups is 1. The van der Waals surface area contributed by atoms with Crippen molar-refractivity contribution in [2.24, 2.45) is 0 Å². The predicted molar refractivity (Wildman–Crippen MR) is 92.4 cm³/mol. The number of rotatable bonds is 2. The predicted octanol–water partition coefficient (Wildman–Crippen LogP) is 2.85. The van der Waals surface area contributed by atoms with Crippen LogP contribution in [0, 0.1) is 0 Å². The van der Waals surface area contributed by atoms with Gasteiger partial charge in [-0.25, -0.2) is 8.42 Å². The average Bonchev–Trinajstić information content (AvgIpc) is 2.91. The molecule has 1 amide bonds. The van der Waals surface area contributed by atoms with Crippen molar-refractivity contribution in [3.8, 4) is 0 Å². The van der Waals surface area contributed by atoms with E-state index in [-0.39, 0.29) is 17.5 Å². The Morgan fingerprint density at radius 1 is 1.12 bits per heavy atom. The number of nitrogens with zero attached hydrogens (tertiary/aromatic N) is 1. The van der Waals surface area contributed by atoms with E-state index < -0.39 is 32.8 Å². The zero-order chi connectivity index (χ0) is 18.7. The van der Waals surface area contributed by atoms with E-state index in [0.29, 0.717) is 11.1 Å². The lowest BCUT2D eigenvalue weighted by molar-refractivity contribution is -0.146. The molecule has 6 heteroatoms. The molecule has 0 bridgehead atoms. The van der Waals surface area contributed by atoms with Crippen LogP contribution in [0.5, 0.6) is 0 Å². The van der Waals surface area contributed by atoms with Gasteiger partial charge in [0.2, 0.25) is 5.91 Å². The minimum absolute atomic E-state index is 0.0936. The Morgan fingerprint density at radius 2 is 1.80 bits per heavy atom. The summed E-state index contributed by atoms with van der Waals surface area (Å²) in [4.78, 5) is 14.9. The lowest BCUT2D eigenvalue weighted by Crippen LogP contribution is -2.51. The Balaban J connectivity index is 1.97. The van der Waals surface area contributed by atoms with Crippen LogP contribution >= 0.6 is 0 Å². The van der Waals surface area contributed by atoms with Crippen LogP contribution in [0.3, 0.4) is 0 Å². The number of fused-ring (bicyclic) bond motifs is 3. The SMILES string of the molecule is [2H]c1cccc2c1C1COC(C)(C)N1C(=O)C2S(=O)(=O)c1ccccc1. The van der Waals surface area contributed by atoms with Crippen LogP contribution < -0.4 is 0 Å². The highest BCUT2D eigenvalue weighted by atomic mass is 32.2. The van der Waals surface area contributed by atoms with Crippen molar-refractivity contribution >= 4 is 15.7 Å². The van der Waals surface area contributed by atoms with Crippen molar-refractivity contribution in [3.63, 3.8) is 0 Å². The third kappa shape index (κ3) is 2.32. The van der Waals surface area contributed by atoms with Crippen molar-refractivity contribution in [2.75, 3.05) is 6.61 Å². The number of hydrogen-bond acceptors (Lipinski definition) is 4. The van der Waals surface area contributed by atoms with E-state index in [0.717, 1.165) is 0 Å². The lowest BCUT2D eigenvalue weighted by Gasteiger charge is -2.40. The van der Waals surface area contributed by atoms with Crippen molar-refractivity contribution in [3.05, 3.63) is 65.7 Å². The molecule has 0 aliphatic carbocycles. The summed E-state index contributed by atoms with van der Waals surface area (Å²) in [5.41, 5.74) is 0.0164. The molecule has 0 aromatic heterocycles. The van der Waals surface area contributed by atoms with Gasteiger partial charge in [0.05, 0.1) is 18.9 Å². The molecule has 1 saturated heterocycles. The molecule has 2 atom stereocenters. The Kier molecular flexibility index (Phi) is 3.27. The molecule has 2 heterocycles. The van der Waals surface area contributed by atoms with Crippen LogP contribution in [0.1, 0.15) is 37.6 Å². The fourth-order valence-electron chi connectivity index (χ4n) is 3.72. The highest BCUT2D eigenvalue weighted by molar-refractivity contribution is 7.92. The highest BCUT2D eigenvalue weighted by Gasteiger charge is 2.54. The molecule has 2 aromatic rings. The van der Waals surface area contributed by atoms with E-state index in [4.69, 9.17) is 6.11 Å². The van der Waals surface area contributed by atoms with Crippen molar-refractivity contribution < 1.29 is 19.3 Å². The molecular weight excluding hydrogens is 338 g/mol. The first-order valence-corrected chi connectivity index (χ1v) is 9.65. The Morgan fingerprint density at radius 3 is 2.52 bits per heavy atom.